The molecule has 2 aromatic heterocycles. The first-order valence-corrected chi connectivity index (χ1v) is 4.74. The number of benzene rings is 1. The van der Waals surface area contributed by atoms with E-state index in [1.165, 1.54) is 0 Å². The minimum Gasteiger partial charge on any atom is -0.384 e. The summed E-state index contributed by atoms with van der Waals surface area (Å²) in [6.07, 6.45) is 1.78. The van der Waals surface area contributed by atoms with Crippen molar-refractivity contribution in [2.75, 3.05) is 5.73 Å². The Balaban J connectivity index is 0.000000963. The van der Waals surface area contributed by atoms with E-state index in [0.717, 1.165) is 21.8 Å². The van der Waals surface area contributed by atoms with Gasteiger partial charge in [0.2, 0.25) is 0 Å². The number of pyridine rings is 2. The Hall–Kier alpha value is -1.64. The predicted molar refractivity (Wildman–Crippen MR) is 61.5 cm³/mol. The van der Waals surface area contributed by atoms with E-state index in [1.807, 2.05) is 36.4 Å². The van der Waals surface area contributed by atoms with Crippen molar-refractivity contribution in [1.82, 2.24) is 9.97 Å². The summed E-state index contributed by atoms with van der Waals surface area (Å²) in [6, 6.07) is 11.7. The fraction of sp³-hybridized carbons (Fsp3) is 0. The second-order valence-corrected chi connectivity index (χ2v) is 3.44. The predicted octanol–water partition coefficient (Wildman–Crippen LogP) is 2.36. The van der Waals surface area contributed by atoms with E-state index < -0.39 is 0 Å². The van der Waals surface area contributed by atoms with Gasteiger partial charge in [0.15, 0.2) is 0 Å². The second-order valence-electron chi connectivity index (χ2n) is 3.44. The summed E-state index contributed by atoms with van der Waals surface area (Å²) in [7, 11) is 0. The Bertz CT molecular complexity index is 652. The molecule has 0 bridgehead atoms. The molecule has 0 spiro atoms. The number of rotatable bonds is 0. The third kappa shape index (κ3) is 1.62. The molecule has 3 aromatic rings. The molecule has 2 N–H and O–H groups in total. The second kappa shape index (κ2) is 4.08. The van der Waals surface area contributed by atoms with E-state index in [0.29, 0.717) is 5.82 Å². The van der Waals surface area contributed by atoms with Crippen molar-refractivity contribution in [3.63, 3.8) is 0 Å². The van der Waals surface area contributed by atoms with Crippen LogP contribution in [-0.2, 0) is 17.1 Å². The molecular weight excluding hydrogens is 242 g/mol. The summed E-state index contributed by atoms with van der Waals surface area (Å²) in [6.45, 7) is 0. The molecule has 1 aromatic carbocycles. The third-order valence-electron chi connectivity index (χ3n) is 2.46. The summed E-state index contributed by atoms with van der Waals surface area (Å²) in [5, 5.41) is 2.13. The van der Waals surface area contributed by atoms with Gasteiger partial charge in [-0.1, -0.05) is 6.07 Å². The summed E-state index contributed by atoms with van der Waals surface area (Å²) < 4.78 is 0. The van der Waals surface area contributed by atoms with Crippen LogP contribution in [0.15, 0.2) is 42.6 Å². The van der Waals surface area contributed by atoms with Gasteiger partial charge in [-0.3, -0.25) is 4.98 Å². The van der Waals surface area contributed by atoms with Gasteiger partial charge in [-0.25, -0.2) is 4.98 Å². The van der Waals surface area contributed by atoms with Gasteiger partial charge >= 0.3 is 0 Å². The van der Waals surface area contributed by atoms with Crippen LogP contribution in [0.5, 0.6) is 0 Å². The van der Waals surface area contributed by atoms with E-state index in [-0.39, 0.29) is 17.1 Å². The number of nitrogen functional groups attached to an aromatic ring is 1. The minimum absolute atomic E-state index is 0. The number of nitrogens with two attached hydrogens (primary N) is 1. The monoisotopic (exact) mass is 251 g/mol. The molecule has 0 aliphatic rings. The molecule has 0 saturated heterocycles. The maximum atomic E-state index is 5.68. The largest absolute Gasteiger partial charge is 0.384 e. The van der Waals surface area contributed by atoms with Crippen molar-refractivity contribution >= 4 is 27.6 Å². The molecule has 0 amide bonds. The van der Waals surface area contributed by atoms with Crippen LogP contribution < -0.4 is 5.73 Å². The number of hydrogen-bond donors (Lipinski definition) is 1. The van der Waals surface area contributed by atoms with E-state index in [1.54, 1.807) is 6.20 Å². The molecule has 2 heterocycles. The van der Waals surface area contributed by atoms with Crippen molar-refractivity contribution in [2.45, 2.75) is 0 Å². The Kier molecular flexibility index (Phi) is 2.77. The quantitative estimate of drug-likeness (QED) is 0.493. The topological polar surface area (TPSA) is 51.8 Å². The molecule has 0 aliphatic heterocycles. The SMILES string of the molecule is Nc1ccc2ccc3ncccc3c2n1.[Fe]. The van der Waals surface area contributed by atoms with E-state index >= 15 is 0 Å². The molecule has 0 atom stereocenters. The zero-order chi connectivity index (χ0) is 10.3. The molecule has 3 rings (SSSR count). The zero-order valence-electron chi connectivity index (χ0n) is 8.37. The molecule has 16 heavy (non-hydrogen) atoms. The first-order valence-electron chi connectivity index (χ1n) is 4.74. The first kappa shape index (κ1) is 10.9. The smallest absolute Gasteiger partial charge is 0.124 e. The van der Waals surface area contributed by atoms with Gasteiger partial charge in [-0.15, -0.1) is 0 Å². The van der Waals surface area contributed by atoms with Crippen LogP contribution in [0, 0.1) is 0 Å². The average molecular weight is 251 g/mol. The fourth-order valence-electron chi connectivity index (χ4n) is 1.75. The molecule has 3 nitrogen and oxygen atoms in total. The van der Waals surface area contributed by atoms with Gasteiger partial charge in [-0.2, -0.15) is 0 Å². The zero-order valence-corrected chi connectivity index (χ0v) is 9.47. The van der Waals surface area contributed by atoms with Gasteiger partial charge in [0.1, 0.15) is 5.82 Å². The van der Waals surface area contributed by atoms with Crippen molar-refractivity contribution in [3.8, 4) is 0 Å². The van der Waals surface area contributed by atoms with Crippen LogP contribution in [0.2, 0.25) is 0 Å². The summed E-state index contributed by atoms with van der Waals surface area (Å²) in [5.41, 5.74) is 7.55. The Morgan fingerprint density at radius 2 is 1.81 bits per heavy atom. The van der Waals surface area contributed by atoms with Crippen LogP contribution in [0.3, 0.4) is 0 Å². The van der Waals surface area contributed by atoms with Gasteiger partial charge in [0, 0.05) is 34.0 Å². The van der Waals surface area contributed by atoms with Crippen LogP contribution in [-0.4, -0.2) is 9.97 Å². The van der Waals surface area contributed by atoms with Gasteiger partial charge in [0.25, 0.3) is 0 Å². The number of nitrogens with zero attached hydrogens (tertiary/aromatic N) is 2. The maximum Gasteiger partial charge on any atom is 0.124 e. The summed E-state index contributed by atoms with van der Waals surface area (Å²) >= 11 is 0. The fourth-order valence-corrected chi connectivity index (χ4v) is 1.75. The Morgan fingerprint density at radius 3 is 2.69 bits per heavy atom. The number of anilines is 1. The third-order valence-corrected chi connectivity index (χ3v) is 2.46. The molecule has 0 aliphatic carbocycles. The average Bonchev–Trinajstić information content (AvgIpc) is 2.29. The van der Waals surface area contributed by atoms with Crippen LogP contribution >= 0.6 is 0 Å². The summed E-state index contributed by atoms with van der Waals surface area (Å²) in [5.74, 6) is 0.541. The van der Waals surface area contributed by atoms with Crippen molar-refractivity contribution in [2.24, 2.45) is 0 Å². The summed E-state index contributed by atoms with van der Waals surface area (Å²) in [4.78, 5) is 8.62. The molecule has 0 fully saturated rings. The minimum atomic E-state index is 0. The molecule has 0 unspecified atom stereocenters. The van der Waals surface area contributed by atoms with E-state index in [4.69, 9.17) is 5.73 Å². The first-order chi connectivity index (χ1) is 7.34. The molecule has 80 valence electrons. The normalized spacial score (nSPS) is 10.2. The Labute approximate surface area is 103 Å². The van der Waals surface area contributed by atoms with Crippen molar-refractivity contribution < 1.29 is 17.1 Å². The van der Waals surface area contributed by atoms with Gasteiger partial charge in [-0.05, 0) is 30.3 Å². The van der Waals surface area contributed by atoms with E-state index in [2.05, 4.69) is 9.97 Å². The van der Waals surface area contributed by atoms with Crippen molar-refractivity contribution in [1.29, 1.82) is 0 Å². The van der Waals surface area contributed by atoms with Crippen molar-refractivity contribution in [3.05, 3.63) is 42.6 Å². The van der Waals surface area contributed by atoms with Gasteiger partial charge < -0.3 is 5.73 Å². The molecule has 4 heteroatoms. The van der Waals surface area contributed by atoms with E-state index in [9.17, 15) is 0 Å². The van der Waals surface area contributed by atoms with Crippen LogP contribution in [0.25, 0.3) is 21.8 Å². The molecule has 0 radical (unpaired) electrons. The number of fused-ring (bicyclic) bond motifs is 3. The van der Waals surface area contributed by atoms with Gasteiger partial charge in [0.05, 0.1) is 11.0 Å². The standard InChI is InChI=1S/C12H9N3.Fe/c13-11-6-4-8-3-5-10-9(12(8)15-11)2-1-7-14-10;/h1-7H,(H2,13,15);. The molecule has 0 saturated carbocycles. The maximum absolute atomic E-state index is 5.68. The van der Waals surface area contributed by atoms with Crippen LogP contribution in [0.1, 0.15) is 0 Å². The molecular formula is C12H9FeN3. The number of hydrogen-bond acceptors (Lipinski definition) is 3. The number of aromatic nitrogens is 2. The van der Waals surface area contributed by atoms with Crippen LogP contribution in [0.4, 0.5) is 5.82 Å². The Morgan fingerprint density at radius 1 is 1.00 bits per heavy atom.